The van der Waals surface area contributed by atoms with Gasteiger partial charge in [0.15, 0.2) is 11.8 Å². The zero-order chi connectivity index (χ0) is 24.0. The average molecular weight is 475 g/mol. The summed E-state index contributed by atoms with van der Waals surface area (Å²) in [5, 5.41) is 2.94. The van der Waals surface area contributed by atoms with E-state index in [-0.39, 0.29) is 33.7 Å². The molecular weight excluding hydrogens is 438 g/mol. The van der Waals surface area contributed by atoms with Crippen molar-refractivity contribution in [2.24, 2.45) is 10.8 Å². The van der Waals surface area contributed by atoms with Gasteiger partial charge in [0.2, 0.25) is 10.0 Å². The number of hydrogen-bond acceptors (Lipinski definition) is 4. The predicted molar refractivity (Wildman–Crippen MR) is 126 cm³/mol. The predicted octanol–water partition coefficient (Wildman–Crippen LogP) is 2.48. The molecule has 180 valence electrons. The van der Waals surface area contributed by atoms with Gasteiger partial charge in [-0.25, -0.2) is 8.42 Å². The molecule has 1 aromatic heterocycles. The summed E-state index contributed by atoms with van der Waals surface area (Å²) in [5.74, 6) is 0.501. The summed E-state index contributed by atoms with van der Waals surface area (Å²) in [6, 6.07) is 10.1. The Morgan fingerprint density at radius 2 is 1.97 bits per heavy atom. The Labute approximate surface area is 197 Å². The summed E-state index contributed by atoms with van der Waals surface area (Å²) < 4.78 is 34.4. The second-order valence-corrected chi connectivity index (χ2v) is 13.0. The van der Waals surface area contributed by atoms with Crippen LogP contribution in [0.1, 0.15) is 62.2 Å². The Kier molecular flexibility index (Phi) is 6.22. The second kappa shape index (κ2) is 8.56. The van der Waals surface area contributed by atoms with E-state index in [1.54, 1.807) is 28.8 Å². The molecule has 0 radical (unpaired) electrons. The maximum Gasteiger partial charge on any atom is 0.251 e. The number of nitrogens with zero attached hydrogens (tertiary/aromatic N) is 1. The average Bonchev–Trinajstić information content (AvgIpc) is 3.33. The number of hydrogen-bond donors (Lipinski definition) is 2. The van der Waals surface area contributed by atoms with Crippen molar-refractivity contribution in [3.63, 3.8) is 0 Å². The first-order valence-corrected chi connectivity index (χ1v) is 13.1. The highest BCUT2D eigenvalue weighted by Crippen LogP contribution is 2.53. The molecule has 33 heavy (non-hydrogen) atoms. The Balaban J connectivity index is 1.51. The molecule has 0 unspecified atom stereocenters. The molecule has 1 aliphatic carbocycles. The summed E-state index contributed by atoms with van der Waals surface area (Å²) in [7, 11) is 0.318. The van der Waals surface area contributed by atoms with E-state index in [0.717, 1.165) is 29.9 Å². The molecular formula is C25H36N3O4S+. The fraction of sp³-hybridized carbons (Fsp3) is 0.560. The molecule has 2 heterocycles. The first-order valence-electron chi connectivity index (χ1n) is 11.6. The number of benzene rings is 1. The van der Waals surface area contributed by atoms with Crippen molar-refractivity contribution in [2.75, 3.05) is 27.2 Å². The fourth-order valence-corrected chi connectivity index (χ4v) is 7.82. The van der Waals surface area contributed by atoms with Crippen molar-refractivity contribution in [1.29, 1.82) is 0 Å². The standard InChI is InChI=1S/C25H35N3O4S/c1-24(2)13-19-14-25(3,16-24)17-28(19)33(30,31)20-9-6-8-18(12-20)23(29)26-15-21(27(4)5)22-10-7-11-32-22/h6-12,19,21H,13-17H2,1-5H3,(H,26,29)/p+1/t19-,21-,25-/m1/s1. The lowest BCUT2D eigenvalue weighted by Gasteiger charge is -2.39. The number of nitrogens with one attached hydrogen (secondary N) is 2. The molecule has 1 amide bonds. The second-order valence-electron chi connectivity index (χ2n) is 11.1. The molecule has 2 fully saturated rings. The van der Waals surface area contributed by atoms with Crippen LogP contribution in [0.5, 0.6) is 0 Å². The Morgan fingerprint density at radius 1 is 1.21 bits per heavy atom. The minimum atomic E-state index is -3.68. The van der Waals surface area contributed by atoms with E-state index in [0.29, 0.717) is 18.7 Å². The molecule has 3 atom stereocenters. The van der Waals surface area contributed by atoms with E-state index in [1.807, 2.05) is 26.2 Å². The van der Waals surface area contributed by atoms with Gasteiger partial charge < -0.3 is 14.6 Å². The normalized spacial score (nSPS) is 25.8. The molecule has 1 saturated heterocycles. The van der Waals surface area contributed by atoms with Crippen LogP contribution in [0, 0.1) is 10.8 Å². The molecule has 2 aliphatic rings. The van der Waals surface area contributed by atoms with Crippen molar-refractivity contribution in [1.82, 2.24) is 9.62 Å². The molecule has 7 nitrogen and oxygen atoms in total. The van der Waals surface area contributed by atoms with Gasteiger partial charge in [-0.3, -0.25) is 4.79 Å². The van der Waals surface area contributed by atoms with Gasteiger partial charge in [0.05, 0.1) is 31.8 Å². The number of carbonyl (C=O) groups is 1. The lowest BCUT2D eigenvalue weighted by atomic mass is 9.65. The van der Waals surface area contributed by atoms with E-state index in [9.17, 15) is 13.2 Å². The van der Waals surface area contributed by atoms with Gasteiger partial charge in [0, 0.05) is 18.2 Å². The van der Waals surface area contributed by atoms with Crippen LogP contribution in [-0.2, 0) is 10.0 Å². The summed E-state index contributed by atoms with van der Waals surface area (Å²) >= 11 is 0. The van der Waals surface area contributed by atoms with Gasteiger partial charge in [-0.2, -0.15) is 4.31 Å². The van der Waals surface area contributed by atoms with Gasteiger partial charge in [-0.05, 0) is 60.4 Å². The third-order valence-corrected chi connectivity index (χ3v) is 9.01. The maximum atomic E-state index is 13.6. The van der Waals surface area contributed by atoms with Crippen LogP contribution in [0.15, 0.2) is 52.0 Å². The van der Waals surface area contributed by atoms with Crippen LogP contribution in [0.3, 0.4) is 0 Å². The van der Waals surface area contributed by atoms with Gasteiger partial charge in [0.25, 0.3) is 5.91 Å². The molecule has 0 spiro atoms. The summed E-state index contributed by atoms with van der Waals surface area (Å²) in [6.45, 7) is 7.57. The lowest BCUT2D eigenvalue weighted by Crippen LogP contribution is -3.07. The fourth-order valence-electron chi connectivity index (χ4n) is 6.00. The van der Waals surface area contributed by atoms with Gasteiger partial charge in [0.1, 0.15) is 0 Å². The van der Waals surface area contributed by atoms with Crippen LogP contribution in [0.2, 0.25) is 0 Å². The first-order chi connectivity index (χ1) is 15.4. The number of quaternary nitrogens is 1. The lowest BCUT2D eigenvalue weighted by molar-refractivity contribution is -0.891. The van der Waals surface area contributed by atoms with Crippen molar-refractivity contribution >= 4 is 15.9 Å². The number of fused-ring (bicyclic) bond motifs is 2. The van der Waals surface area contributed by atoms with Gasteiger partial charge in [-0.1, -0.05) is 26.8 Å². The van der Waals surface area contributed by atoms with Crippen LogP contribution in [0.4, 0.5) is 0 Å². The molecule has 1 aliphatic heterocycles. The molecule has 4 rings (SSSR count). The Morgan fingerprint density at radius 3 is 2.64 bits per heavy atom. The van der Waals surface area contributed by atoms with Crippen LogP contribution >= 0.6 is 0 Å². The maximum absolute atomic E-state index is 13.6. The van der Waals surface area contributed by atoms with E-state index in [4.69, 9.17) is 4.42 Å². The van der Waals surface area contributed by atoms with Crippen molar-refractivity contribution < 1.29 is 22.5 Å². The van der Waals surface area contributed by atoms with E-state index < -0.39 is 10.0 Å². The quantitative estimate of drug-likeness (QED) is 0.646. The van der Waals surface area contributed by atoms with Crippen LogP contribution < -0.4 is 10.2 Å². The third kappa shape index (κ3) is 4.88. The van der Waals surface area contributed by atoms with Crippen LogP contribution in [-0.4, -0.2) is 51.9 Å². The zero-order valence-electron chi connectivity index (χ0n) is 20.2. The highest BCUT2D eigenvalue weighted by Gasteiger charge is 2.53. The highest BCUT2D eigenvalue weighted by molar-refractivity contribution is 7.89. The van der Waals surface area contributed by atoms with Gasteiger partial charge in [-0.15, -0.1) is 0 Å². The summed E-state index contributed by atoms with van der Waals surface area (Å²) in [6.07, 6.45) is 4.41. The molecule has 8 heteroatoms. The smallest absolute Gasteiger partial charge is 0.251 e. The molecule has 1 aromatic carbocycles. The third-order valence-electron chi connectivity index (χ3n) is 7.12. The molecule has 2 N–H and O–H groups in total. The number of sulfonamides is 1. The Bertz CT molecular complexity index is 1110. The number of carbonyl (C=O) groups excluding carboxylic acids is 1. The highest BCUT2D eigenvalue weighted by atomic mass is 32.2. The minimum absolute atomic E-state index is 0.00382. The zero-order valence-corrected chi connectivity index (χ0v) is 21.0. The summed E-state index contributed by atoms with van der Waals surface area (Å²) in [5.41, 5.74) is 0.476. The topological polar surface area (TPSA) is 84.1 Å². The minimum Gasteiger partial charge on any atom is -0.463 e. The molecule has 2 aromatic rings. The molecule has 2 bridgehead atoms. The van der Waals surface area contributed by atoms with Crippen LogP contribution in [0.25, 0.3) is 0 Å². The van der Waals surface area contributed by atoms with E-state index in [1.165, 1.54) is 6.07 Å². The first kappa shape index (κ1) is 24.0. The monoisotopic (exact) mass is 474 g/mol. The van der Waals surface area contributed by atoms with Crippen molar-refractivity contribution in [3.05, 3.63) is 54.0 Å². The number of furan rings is 1. The summed E-state index contributed by atoms with van der Waals surface area (Å²) in [4.78, 5) is 14.2. The molecule has 1 saturated carbocycles. The van der Waals surface area contributed by atoms with E-state index in [2.05, 4.69) is 26.1 Å². The largest absolute Gasteiger partial charge is 0.463 e. The van der Waals surface area contributed by atoms with Crippen molar-refractivity contribution in [2.45, 2.75) is 57.0 Å². The number of rotatable bonds is 7. The number of amides is 1. The SMILES string of the molecule is C[NH+](C)[C@H](CNC(=O)c1cccc(S(=O)(=O)N2C[C@]3(C)C[C@H]2CC(C)(C)C3)c1)c1ccco1. The number of likely N-dealkylation sites (N-methyl/N-ethyl adjacent to an activating group) is 1. The van der Waals surface area contributed by atoms with Crippen molar-refractivity contribution in [3.8, 4) is 0 Å². The van der Waals surface area contributed by atoms with E-state index >= 15 is 0 Å². The Hall–Kier alpha value is -2.16. The van der Waals surface area contributed by atoms with Gasteiger partial charge >= 0.3 is 0 Å².